The highest BCUT2D eigenvalue weighted by Gasteiger charge is 2.14. The van der Waals surface area contributed by atoms with E-state index in [0.29, 0.717) is 5.41 Å². The molecule has 0 N–H and O–H groups in total. The molecule has 1 radical (unpaired) electrons. The van der Waals surface area contributed by atoms with E-state index in [1.165, 1.54) is 19.3 Å². The zero-order valence-corrected chi connectivity index (χ0v) is 7.55. The van der Waals surface area contributed by atoms with Crippen LogP contribution in [0.25, 0.3) is 0 Å². The Bertz CT molecular complexity index is 59.0. The van der Waals surface area contributed by atoms with Gasteiger partial charge in [0.15, 0.2) is 0 Å². The normalized spacial score (nSPS) is 12.0. The van der Waals surface area contributed by atoms with Crippen molar-refractivity contribution >= 4 is 12.6 Å². The predicted octanol–water partition coefficient (Wildman–Crippen LogP) is 3.40. The molecule has 1 heteroatoms. The Hall–Kier alpha value is 0.350. The van der Waals surface area contributed by atoms with E-state index in [2.05, 4.69) is 20.8 Å². The van der Waals surface area contributed by atoms with E-state index in [1.807, 2.05) is 0 Å². The van der Waals surface area contributed by atoms with Crippen molar-refractivity contribution in [2.45, 2.75) is 40.0 Å². The maximum absolute atomic E-state index is 4.91. The zero-order chi connectivity index (χ0) is 7.33. The second-order valence-corrected chi connectivity index (χ2v) is 3.78. The molecule has 0 bridgehead atoms. The molecule has 0 heterocycles. The molecular formula is C8H17S. The van der Waals surface area contributed by atoms with E-state index in [1.54, 1.807) is 0 Å². The highest BCUT2D eigenvalue weighted by atomic mass is 32.1. The summed E-state index contributed by atoms with van der Waals surface area (Å²) in [6.07, 6.45) is 3.78. The number of hydrogen-bond donors (Lipinski definition) is 0. The van der Waals surface area contributed by atoms with Gasteiger partial charge in [0.1, 0.15) is 0 Å². The molecule has 0 aliphatic carbocycles. The van der Waals surface area contributed by atoms with Crippen molar-refractivity contribution in [1.29, 1.82) is 0 Å². The van der Waals surface area contributed by atoms with Gasteiger partial charge in [-0.15, -0.1) is 0 Å². The SMILES string of the molecule is CCCC(C)(C)CC[S]. The summed E-state index contributed by atoms with van der Waals surface area (Å²) in [5.74, 6) is 0.910. The molecule has 0 nitrogen and oxygen atoms in total. The molecule has 0 aromatic carbocycles. The topological polar surface area (TPSA) is 0 Å². The summed E-state index contributed by atoms with van der Waals surface area (Å²) in [5.41, 5.74) is 0.497. The summed E-state index contributed by atoms with van der Waals surface area (Å²) in [7, 11) is 0. The third kappa shape index (κ3) is 4.83. The fourth-order valence-electron chi connectivity index (χ4n) is 1.08. The number of rotatable bonds is 4. The van der Waals surface area contributed by atoms with Crippen molar-refractivity contribution in [2.75, 3.05) is 5.75 Å². The Morgan fingerprint density at radius 3 is 2.11 bits per heavy atom. The third-order valence-corrected chi connectivity index (χ3v) is 1.91. The molecule has 0 amide bonds. The highest BCUT2D eigenvalue weighted by molar-refractivity contribution is 7.80. The first kappa shape index (κ1) is 9.35. The van der Waals surface area contributed by atoms with Gasteiger partial charge in [0.2, 0.25) is 0 Å². The molecule has 0 aromatic heterocycles. The molecule has 0 fully saturated rings. The first-order valence-corrected chi connectivity index (χ1v) is 4.28. The van der Waals surface area contributed by atoms with Crippen molar-refractivity contribution in [2.24, 2.45) is 5.41 Å². The Kier molecular flexibility index (Phi) is 4.37. The lowest BCUT2D eigenvalue weighted by atomic mass is 9.85. The van der Waals surface area contributed by atoms with E-state index in [-0.39, 0.29) is 0 Å². The fraction of sp³-hybridized carbons (Fsp3) is 1.00. The largest absolute Gasteiger partial charge is 0.0941 e. The highest BCUT2D eigenvalue weighted by Crippen LogP contribution is 2.26. The lowest BCUT2D eigenvalue weighted by Crippen LogP contribution is -2.10. The summed E-state index contributed by atoms with van der Waals surface area (Å²) < 4.78 is 0. The van der Waals surface area contributed by atoms with Crippen molar-refractivity contribution in [3.8, 4) is 0 Å². The second kappa shape index (κ2) is 4.21. The van der Waals surface area contributed by atoms with Crippen LogP contribution in [0.15, 0.2) is 0 Å². The van der Waals surface area contributed by atoms with Gasteiger partial charge in [-0.1, -0.05) is 39.8 Å². The Morgan fingerprint density at radius 1 is 1.22 bits per heavy atom. The van der Waals surface area contributed by atoms with Gasteiger partial charge in [0.25, 0.3) is 0 Å². The summed E-state index contributed by atoms with van der Waals surface area (Å²) in [6.45, 7) is 6.82. The Morgan fingerprint density at radius 2 is 1.78 bits per heavy atom. The molecule has 9 heavy (non-hydrogen) atoms. The van der Waals surface area contributed by atoms with Gasteiger partial charge in [0, 0.05) is 5.75 Å². The maximum atomic E-state index is 4.91. The first-order chi connectivity index (χ1) is 4.12. The monoisotopic (exact) mass is 145 g/mol. The van der Waals surface area contributed by atoms with Gasteiger partial charge in [-0.25, -0.2) is 0 Å². The standard InChI is InChI=1S/C8H17S/c1-4-5-8(2,3)6-7-9/h4-7H2,1-3H3. The lowest BCUT2D eigenvalue weighted by molar-refractivity contribution is 0.322. The van der Waals surface area contributed by atoms with Crippen LogP contribution in [-0.4, -0.2) is 5.75 Å². The molecule has 0 aromatic rings. The summed E-state index contributed by atoms with van der Waals surface area (Å²) >= 11 is 4.91. The van der Waals surface area contributed by atoms with E-state index >= 15 is 0 Å². The molecule has 0 spiro atoms. The quantitative estimate of drug-likeness (QED) is 0.568. The molecule has 0 rings (SSSR count). The van der Waals surface area contributed by atoms with Crippen LogP contribution in [0.2, 0.25) is 0 Å². The van der Waals surface area contributed by atoms with Gasteiger partial charge < -0.3 is 0 Å². The second-order valence-electron chi connectivity index (χ2n) is 3.37. The van der Waals surface area contributed by atoms with Crippen LogP contribution < -0.4 is 0 Å². The van der Waals surface area contributed by atoms with Gasteiger partial charge >= 0.3 is 0 Å². The van der Waals surface area contributed by atoms with Crippen molar-refractivity contribution in [3.05, 3.63) is 0 Å². The molecule has 0 saturated carbocycles. The van der Waals surface area contributed by atoms with Crippen LogP contribution in [0.4, 0.5) is 0 Å². The summed E-state index contributed by atoms with van der Waals surface area (Å²) in [4.78, 5) is 0. The van der Waals surface area contributed by atoms with Crippen LogP contribution in [0, 0.1) is 5.41 Å². The maximum Gasteiger partial charge on any atom is 0.00420 e. The van der Waals surface area contributed by atoms with E-state index in [9.17, 15) is 0 Å². The van der Waals surface area contributed by atoms with E-state index in [0.717, 1.165) is 5.75 Å². The van der Waals surface area contributed by atoms with E-state index < -0.39 is 0 Å². The van der Waals surface area contributed by atoms with Crippen LogP contribution in [0.1, 0.15) is 40.0 Å². The molecular weight excluding hydrogens is 128 g/mol. The molecule has 55 valence electrons. The fourth-order valence-corrected chi connectivity index (χ4v) is 1.63. The van der Waals surface area contributed by atoms with Gasteiger partial charge in [-0.3, -0.25) is 0 Å². The molecule has 0 saturated heterocycles. The Labute approximate surface area is 64.4 Å². The molecule has 0 aliphatic rings. The van der Waals surface area contributed by atoms with E-state index in [4.69, 9.17) is 12.6 Å². The van der Waals surface area contributed by atoms with Gasteiger partial charge in [0.05, 0.1) is 0 Å². The average molecular weight is 145 g/mol. The zero-order valence-electron chi connectivity index (χ0n) is 6.74. The summed E-state index contributed by atoms with van der Waals surface area (Å²) in [6, 6.07) is 0. The van der Waals surface area contributed by atoms with Gasteiger partial charge in [-0.05, 0) is 18.3 Å². The molecule has 0 unspecified atom stereocenters. The van der Waals surface area contributed by atoms with Crippen LogP contribution in [-0.2, 0) is 0 Å². The Balaban J connectivity index is 3.43. The smallest absolute Gasteiger partial charge is 0.00420 e. The van der Waals surface area contributed by atoms with Crippen LogP contribution in [0.5, 0.6) is 0 Å². The molecule has 0 atom stereocenters. The minimum absolute atomic E-state index is 0.497. The minimum atomic E-state index is 0.497. The average Bonchev–Trinajstić information content (AvgIpc) is 1.64. The van der Waals surface area contributed by atoms with Crippen molar-refractivity contribution < 1.29 is 0 Å². The lowest BCUT2D eigenvalue weighted by Gasteiger charge is -2.22. The number of hydrogen-bond acceptors (Lipinski definition) is 0. The summed E-state index contributed by atoms with van der Waals surface area (Å²) in [5, 5.41) is 0. The van der Waals surface area contributed by atoms with Crippen LogP contribution >= 0.6 is 12.6 Å². The van der Waals surface area contributed by atoms with Crippen molar-refractivity contribution in [3.63, 3.8) is 0 Å². The minimum Gasteiger partial charge on any atom is -0.0941 e. The molecule has 0 aliphatic heterocycles. The van der Waals surface area contributed by atoms with Crippen molar-refractivity contribution in [1.82, 2.24) is 0 Å². The predicted molar refractivity (Wildman–Crippen MR) is 45.8 cm³/mol. The van der Waals surface area contributed by atoms with Crippen LogP contribution in [0.3, 0.4) is 0 Å². The van der Waals surface area contributed by atoms with Gasteiger partial charge in [-0.2, -0.15) is 0 Å². The first-order valence-electron chi connectivity index (χ1n) is 3.70. The third-order valence-electron chi connectivity index (χ3n) is 1.71.